The summed E-state index contributed by atoms with van der Waals surface area (Å²) in [5, 5.41) is 4.01. The molecule has 0 aromatic carbocycles. The molecule has 2 heterocycles. The lowest BCUT2D eigenvalue weighted by Gasteiger charge is -2.20. The summed E-state index contributed by atoms with van der Waals surface area (Å²) in [7, 11) is 0. The molecule has 0 spiro atoms. The van der Waals surface area contributed by atoms with Gasteiger partial charge < -0.3 is 4.98 Å². The molecule has 4 heteroatoms. The summed E-state index contributed by atoms with van der Waals surface area (Å²) in [6, 6.07) is 0. The molecule has 1 atom stereocenters. The van der Waals surface area contributed by atoms with Crippen LogP contribution in [0.4, 0.5) is 0 Å². The third kappa shape index (κ3) is 1.82. The lowest BCUT2D eigenvalue weighted by Crippen LogP contribution is -2.23. The van der Waals surface area contributed by atoms with E-state index in [-0.39, 0.29) is 5.92 Å². The normalized spacial score (nSPS) is 19.0. The van der Waals surface area contributed by atoms with E-state index in [9.17, 15) is 4.79 Å². The average molecular weight is 246 g/mol. The van der Waals surface area contributed by atoms with Crippen molar-refractivity contribution in [1.29, 1.82) is 0 Å². The molecule has 0 saturated heterocycles. The van der Waals surface area contributed by atoms with Crippen molar-refractivity contribution in [3.8, 4) is 0 Å². The van der Waals surface area contributed by atoms with Crippen molar-refractivity contribution in [3.63, 3.8) is 0 Å². The molecular weight excluding hydrogens is 232 g/mol. The van der Waals surface area contributed by atoms with Gasteiger partial charge in [0.2, 0.25) is 0 Å². The van der Waals surface area contributed by atoms with Crippen molar-refractivity contribution in [2.75, 3.05) is 0 Å². The zero-order valence-corrected chi connectivity index (χ0v) is 10.5. The fraction of sp³-hybridized carbons (Fsp3) is 0.385. The molecule has 1 aliphatic rings. The number of nitrogens with zero attached hydrogens (tertiary/aromatic N) is 1. The summed E-state index contributed by atoms with van der Waals surface area (Å²) < 4.78 is 0. The van der Waals surface area contributed by atoms with E-state index in [1.54, 1.807) is 17.7 Å². The summed E-state index contributed by atoms with van der Waals surface area (Å²) in [5.74, 6) is 0.417. The smallest absolute Gasteiger partial charge is 0.167 e. The van der Waals surface area contributed by atoms with Gasteiger partial charge in [0.15, 0.2) is 5.78 Å². The van der Waals surface area contributed by atoms with Crippen LogP contribution < -0.4 is 0 Å². The summed E-state index contributed by atoms with van der Waals surface area (Å²) in [4.78, 5) is 19.8. The highest BCUT2D eigenvalue weighted by atomic mass is 32.1. The van der Waals surface area contributed by atoms with Crippen molar-refractivity contribution >= 4 is 17.1 Å². The highest BCUT2D eigenvalue weighted by Crippen LogP contribution is 2.27. The second-order valence-electron chi connectivity index (χ2n) is 4.60. The Morgan fingerprint density at radius 3 is 3.18 bits per heavy atom. The molecule has 0 bridgehead atoms. The Hall–Kier alpha value is -1.42. The number of hydrogen-bond acceptors (Lipinski definition) is 3. The first-order valence-corrected chi connectivity index (χ1v) is 6.78. The van der Waals surface area contributed by atoms with Gasteiger partial charge in [0, 0.05) is 22.6 Å². The molecule has 0 fully saturated rings. The summed E-state index contributed by atoms with van der Waals surface area (Å²) >= 11 is 1.60. The van der Waals surface area contributed by atoms with Crippen molar-refractivity contribution in [3.05, 3.63) is 39.6 Å². The molecule has 2 aromatic heterocycles. The number of imidazole rings is 1. The Balaban J connectivity index is 1.84. The number of aryl methyl sites for hydroxylation is 2. The molecule has 3 rings (SSSR count). The predicted octanol–water partition coefficient (Wildman–Crippen LogP) is 2.77. The van der Waals surface area contributed by atoms with E-state index in [0.717, 1.165) is 41.8 Å². The minimum Gasteiger partial charge on any atom is -0.348 e. The minimum absolute atomic E-state index is 0.122. The lowest BCUT2D eigenvalue weighted by molar-refractivity contribution is 0.0907. The maximum absolute atomic E-state index is 12.4. The molecule has 2 aromatic rings. The third-order valence-corrected chi connectivity index (χ3v) is 4.34. The fourth-order valence-electron chi connectivity index (χ4n) is 2.46. The van der Waals surface area contributed by atoms with Gasteiger partial charge in [-0.25, -0.2) is 4.98 Å². The molecule has 1 unspecified atom stereocenters. The quantitative estimate of drug-likeness (QED) is 0.828. The number of ketones is 1. The van der Waals surface area contributed by atoms with Gasteiger partial charge in [0.25, 0.3) is 0 Å². The Kier molecular flexibility index (Phi) is 2.59. The number of aromatic nitrogens is 2. The average Bonchev–Trinajstić information content (AvgIpc) is 2.95. The zero-order chi connectivity index (χ0) is 11.8. The topological polar surface area (TPSA) is 45.8 Å². The predicted molar refractivity (Wildman–Crippen MR) is 67.5 cm³/mol. The van der Waals surface area contributed by atoms with Crippen molar-refractivity contribution in [2.45, 2.75) is 26.2 Å². The molecule has 88 valence electrons. The van der Waals surface area contributed by atoms with Crippen LogP contribution in [0.5, 0.6) is 0 Å². The highest BCUT2D eigenvalue weighted by Gasteiger charge is 2.27. The fourth-order valence-corrected chi connectivity index (χ4v) is 3.29. The molecular formula is C13H14N2OS. The molecule has 17 heavy (non-hydrogen) atoms. The number of fused-ring (bicyclic) bond motifs is 1. The Morgan fingerprint density at radius 1 is 1.53 bits per heavy atom. The SMILES string of the molecule is Cc1cscc1C(=O)C1CCc2nc[nH]c2C1. The summed E-state index contributed by atoms with van der Waals surface area (Å²) in [5.41, 5.74) is 4.29. The largest absolute Gasteiger partial charge is 0.348 e. The summed E-state index contributed by atoms with van der Waals surface area (Å²) in [6.07, 6.45) is 4.38. The van der Waals surface area contributed by atoms with Gasteiger partial charge in [0.05, 0.1) is 12.0 Å². The van der Waals surface area contributed by atoms with E-state index in [1.165, 1.54) is 0 Å². The Labute approximate surface area is 104 Å². The van der Waals surface area contributed by atoms with Gasteiger partial charge in [-0.05, 0) is 37.1 Å². The van der Waals surface area contributed by atoms with Crippen molar-refractivity contribution < 1.29 is 4.79 Å². The van der Waals surface area contributed by atoms with Gasteiger partial charge in [-0.1, -0.05) is 0 Å². The van der Waals surface area contributed by atoms with Gasteiger partial charge in [-0.3, -0.25) is 4.79 Å². The Bertz CT molecular complexity index is 555. The molecule has 0 radical (unpaired) electrons. The Morgan fingerprint density at radius 2 is 2.41 bits per heavy atom. The highest BCUT2D eigenvalue weighted by molar-refractivity contribution is 7.08. The van der Waals surface area contributed by atoms with Crippen LogP contribution in [-0.2, 0) is 12.8 Å². The van der Waals surface area contributed by atoms with Crippen LogP contribution in [0, 0.1) is 12.8 Å². The zero-order valence-electron chi connectivity index (χ0n) is 9.69. The van der Waals surface area contributed by atoms with E-state index < -0.39 is 0 Å². The summed E-state index contributed by atoms with van der Waals surface area (Å²) in [6.45, 7) is 2.01. The first-order valence-electron chi connectivity index (χ1n) is 5.84. The van der Waals surface area contributed by atoms with Crippen LogP contribution in [-0.4, -0.2) is 15.8 Å². The lowest BCUT2D eigenvalue weighted by atomic mass is 9.84. The number of Topliss-reactive ketones (excluding diaryl/α,β-unsaturated/α-hetero) is 1. The van der Waals surface area contributed by atoms with Crippen LogP contribution in [0.2, 0.25) is 0 Å². The van der Waals surface area contributed by atoms with Crippen LogP contribution in [0.25, 0.3) is 0 Å². The van der Waals surface area contributed by atoms with Gasteiger partial charge in [-0.15, -0.1) is 0 Å². The van der Waals surface area contributed by atoms with Crippen LogP contribution in [0.15, 0.2) is 17.1 Å². The molecule has 0 aliphatic heterocycles. The number of H-pyrrole nitrogens is 1. The second-order valence-corrected chi connectivity index (χ2v) is 5.34. The maximum Gasteiger partial charge on any atom is 0.167 e. The number of rotatable bonds is 2. The number of hydrogen-bond donors (Lipinski definition) is 1. The molecule has 0 amide bonds. The first kappa shape index (κ1) is 10.7. The first-order chi connectivity index (χ1) is 8.25. The number of carbonyl (C=O) groups excluding carboxylic acids is 1. The van der Waals surface area contributed by atoms with Gasteiger partial charge in [0.1, 0.15) is 0 Å². The number of thiophene rings is 1. The number of aromatic amines is 1. The van der Waals surface area contributed by atoms with Gasteiger partial charge in [-0.2, -0.15) is 11.3 Å². The molecule has 0 saturated carbocycles. The van der Waals surface area contributed by atoms with Crippen molar-refractivity contribution in [2.24, 2.45) is 5.92 Å². The van der Waals surface area contributed by atoms with E-state index in [2.05, 4.69) is 9.97 Å². The molecule has 1 aliphatic carbocycles. The van der Waals surface area contributed by atoms with E-state index in [1.807, 2.05) is 17.7 Å². The van der Waals surface area contributed by atoms with Crippen LogP contribution in [0.1, 0.15) is 33.7 Å². The molecule has 3 nitrogen and oxygen atoms in total. The van der Waals surface area contributed by atoms with Gasteiger partial charge >= 0.3 is 0 Å². The second kappa shape index (κ2) is 4.11. The van der Waals surface area contributed by atoms with E-state index in [0.29, 0.717) is 5.78 Å². The standard InChI is InChI=1S/C13H14N2OS/c1-8-5-17-6-10(8)13(16)9-2-3-11-12(4-9)15-7-14-11/h5-7,9H,2-4H2,1H3,(H,14,15). The maximum atomic E-state index is 12.4. The van der Waals surface area contributed by atoms with Crippen LogP contribution in [0.3, 0.4) is 0 Å². The third-order valence-electron chi connectivity index (χ3n) is 3.48. The van der Waals surface area contributed by atoms with E-state index in [4.69, 9.17) is 0 Å². The number of carbonyl (C=O) groups is 1. The van der Waals surface area contributed by atoms with Crippen LogP contribution >= 0.6 is 11.3 Å². The van der Waals surface area contributed by atoms with Crippen molar-refractivity contribution in [1.82, 2.24) is 9.97 Å². The molecule has 1 N–H and O–H groups in total. The minimum atomic E-state index is 0.122. The van der Waals surface area contributed by atoms with E-state index >= 15 is 0 Å². The monoisotopic (exact) mass is 246 g/mol. The number of nitrogens with one attached hydrogen (secondary N) is 1.